The minimum atomic E-state index is 0.293. The molecule has 2 aliphatic rings. The second-order valence-electron chi connectivity index (χ2n) is 4.37. The fourth-order valence-electron chi connectivity index (χ4n) is 2.36. The first-order chi connectivity index (χ1) is 7.31. The Morgan fingerprint density at radius 2 is 2.47 bits per heavy atom. The summed E-state index contributed by atoms with van der Waals surface area (Å²) in [6, 6.07) is 0. The molecule has 86 valence electrons. The Bertz CT molecular complexity index is 229. The van der Waals surface area contributed by atoms with Crippen LogP contribution in [0.1, 0.15) is 32.6 Å². The predicted molar refractivity (Wildman–Crippen MR) is 63.9 cm³/mol. The van der Waals surface area contributed by atoms with E-state index < -0.39 is 0 Å². The Hall–Kier alpha value is -0.220. The molecular formula is C11H20N2OS. The van der Waals surface area contributed by atoms with Crippen LogP contribution in [0.5, 0.6) is 0 Å². The Balaban J connectivity index is 1.88. The summed E-state index contributed by atoms with van der Waals surface area (Å²) in [4.78, 5) is 13.8. The number of hydrogen-bond donors (Lipinski definition) is 1. The molecule has 2 saturated heterocycles. The molecule has 1 amide bonds. The van der Waals surface area contributed by atoms with Gasteiger partial charge in [-0.05, 0) is 25.0 Å². The van der Waals surface area contributed by atoms with E-state index in [-0.39, 0.29) is 0 Å². The largest absolute Gasteiger partial charge is 0.325 e. The van der Waals surface area contributed by atoms with E-state index in [0.717, 1.165) is 19.4 Å². The lowest BCUT2D eigenvalue weighted by Gasteiger charge is -2.26. The van der Waals surface area contributed by atoms with Crippen molar-refractivity contribution in [1.82, 2.24) is 10.2 Å². The van der Waals surface area contributed by atoms with Gasteiger partial charge in [-0.3, -0.25) is 10.1 Å². The van der Waals surface area contributed by atoms with Crippen molar-refractivity contribution in [2.75, 3.05) is 18.8 Å². The molecule has 2 fully saturated rings. The van der Waals surface area contributed by atoms with Crippen molar-refractivity contribution in [2.24, 2.45) is 0 Å². The highest BCUT2D eigenvalue weighted by molar-refractivity contribution is 8.00. The van der Waals surface area contributed by atoms with Gasteiger partial charge in [0.1, 0.15) is 0 Å². The molecule has 0 aliphatic carbocycles. The Kier molecular flexibility index (Phi) is 3.92. The highest BCUT2D eigenvalue weighted by Gasteiger charge is 2.32. The normalized spacial score (nSPS) is 31.5. The molecule has 0 bridgehead atoms. The molecule has 3 nitrogen and oxygen atoms in total. The van der Waals surface area contributed by atoms with Crippen LogP contribution >= 0.6 is 11.8 Å². The summed E-state index contributed by atoms with van der Waals surface area (Å²) < 4.78 is 0. The first kappa shape index (κ1) is 11.3. The smallest absolute Gasteiger partial charge is 0.237 e. The molecule has 0 aromatic heterocycles. The zero-order valence-electron chi connectivity index (χ0n) is 9.37. The molecule has 2 heterocycles. The summed E-state index contributed by atoms with van der Waals surface area (Å²) >= 11 is 2.03. The fraction of sp³-hybridized carbons (Fsp3) is 0.909. The lowest BCUT2D eigenvalue weighted by atomic mass is 10.2. The predicted octanol–water partition coefficient (Wildman–Crippen LogP) is 1.44. The summed E-state index contributed by atoms with van der Waals surface area (Å²) in [5.74, 6) is 1.57. The summed E-state index contributed by atoms with van der Waals surface area (Å²) in [7, 11) is 0. The number of rotatable bonds is 4. The van der Waals surface area contributed by atoms with Gasteiger partial charge < -0.3 is 4.90 Å². The van der Waals surface area contributed by atoms with E-state index in [4.69, 9.17) is 0 Å². The van der Waals surface area contributed by atoms with Gasteiger partial charge in [-0.2, -0.15) is 11.8 Å². The molecule has 2 unspecified atom stereocenters. The maximum atomic E-state index is 11.7. The maximum Gasteiger partial charge on any atom is 0.237 e. The van der Waals surface area contributed by atoms with Gasteiger partial charge in [0.05, 0.1) is 12.7 Å². The van der Waals surface area contributed by atoms with Crippen LogP contribution in [-0.4, -0.2) is 41.1 Å². The van der Waals surface area contributed by atoms with Crippen LogP contribution in [-0.2, 0) is 4.79 Å². The molecule has 2 atom stereocenters. The summed E-state index contributed by atoms with van der Waals surface area (Å²) in [6.45, 7) is 3.68. The van der Waals surface area contributed by atoms with E-state index >= 15 is 0 Å². The Labute approximate surface area is 96.0 Å². The number of amides is 1. The molecule has 0 aromatic carbocycles. The zero-order chi connectivity index (χ0) is 10.7. The van der Waals surface area contributed by atoms with E-state index in [9.17, 15) is 4.79 Å². The van der Waals surface area contributed by atoms with Crippen LogP contribution in [0.3, 0.4) is 0 Å². The second kappa shape index (κ2) is 5.21. The van der Waals surface area contributed by atoms with Crippen LogP contribution in [0.25, 0.3) is 0 Å². The van der Waals surface area contributed by atoms with Gasteiger partial charge >= 0.3 is 0 Å². The zero-order valence-corrected chi connectivity index (χ0v) is 10.2. The summed E-state index contributed by atoms with van der Waals surface area (Å²) in [5.41, 5.74) is 0. The average Bonchev–Trinajstić information content (AvgIpc) is 2.83. The number of nitrogens with one attached hydrogen (secondary N) is 1. The number of carbonyl (C=O) groups is 1. The maximum absolute atomic E-state index is 11.7. The fourth-order valence-corrected chi connectivity index (χ4v) is 3.62. The molecule has 0 radical (unpaired) electrons. The summed E-state index contributed by atoms with van der Waals surface area (Å²) in [5, 5.41) is 3.99. The van der Waals surface area contributed by atoms with Crippen molar-refractivity contribution in [1.29, 1.82) is 0 Å². The van der Waals surface area contributed by atoms with Gasteiger partial charge in [0.2, 0.25) is 5.91 Å². The van der Waals surface area contributed by atoms with Crippen molar-refractivity contribution < 1.29 is 4.79 Å². The van der Waals surface area contributed by atoms with Gasteiger partial charge in [0.25, 0.3) is 0 Å². The highest BCUT2D eigenvalue weighted by atomic mass is 32.2. The van der Waals surface area contributed by atoms with Gasteiger partial charge in [-0.1, -0.05) is 13.3 Å². The Morgan fingerprint density at radius 3 is 3.13 bits per heavy atom. The molecule has 2 rings (SSSR count). The number of nitrogens with zero attached hydrogens (tertiary/aromatic N) is 1. The van der Waals surface area contributed by atoms with Crippen LogP contribution in [0.2, 0.25) is 0 Å². The molecule has 15 heavy (non-hydrogen) atoms. The molecule has 4 heteroatoms. The number of hydrogen-bond acceptors (Lipinski definition) is 3. The lowest BCUT2D eigenvalue weighted by Crippen LogP contribution is -2.40. The monoisotopic (exact) mass is 228 g/mol. The van der Waals surface area contributed by atoms with Crippen LogP contribution in [0, 0.1) is 0 Å². The van der Waals surface area contributed by atoms with E-state index in [1.54, 1.807) is 0 Å². The third-order valence-electron chi connectivity index (χ3n) is 3.17. The topological polar surface area (TPSA) is 32.3 Å². The minimum Gasteiger partial charge on any atom is -0.325 e. The van der Waals surface area contributed by atoms with Crippen LogP contribution < -0.4 is 5.32 Å². The van der Waals surface area contributed by atoms with Crippen molar-refractivity contribution >= 4 is 17.7 Å². The first-order valence-electron chi connectivity index (χ1n) is 5.95. The van der Waals surface area contributed by atoms with Crippen molar-refractivity contribution in [3.8, 4) is 0 Å². The molecular weight excluding hydrogens is 208 g/mol. The van der Waals surface area contributed by atoms with E-state index in [1.165, 1.54) is 18.6 Å². The van der Waals surface area contributed by atoms with Gasteiger partial charge in [-0.15, -0.1) is 0 Å². The summed E-state index contributed by atoms with van der Waals surface area (Å²) in [6.07, 6.45) is 5.14. The molecule has 2 aliphatic heterocycles. The van der Waals surface area contributed by atoms with Gasteiger partial charge in [0.15, 0.2) is 0 Å². The standard InChI is InChI=1S/C11H20N2OS/c1-2-4-10-12-7-11(14)13(10)8-9-5-3-6-15-9/h9-10,12H,2-8H2,1H3. The van der Waals surface area contributed by atoms with Crippen LogP contribution in [0.15, 0.2) is 0 Å². The number of thioether (sulfide) groups is 1. The highest BCUT2D eigenvalue weighted by Crippen LogP contribution is 2.28. The lowest BCUT2D eigenvalue weighted by molar-refractivity contribution is -0.128. The Morgan fingerprint density at radius 1 is 1.60 bits per heavy atom. The molecule has 0 aromatic rings. The molecule has 0 saturated carbocycles. The third-order valence-corrected chi connectivity index (χ3v) is 4.55. The first-order valence-corrected chi connectivity index (χ1v) is 7.00. The quantitative estimate of drug-likeness (QED) is 0.790. The van der Waals surface area contributed by atoms with Crippen molar-refractivity contribution in [3.05, 3.63) is 0 Å². The third kappa shape index (κ3) is 2.67. The van der Waals surface area contributed by atoms with E-state index in [1.807, 2.05) is 11.8 Å². The number of carbonyl (C=O) groups excluding carboxylic acids is 1. The SMILES string of the molecule is CCCC1NCC(=O)N1CC1CCCS1. The second-order valence-corrected chi connectivity index (χ2v) is 5.77. The molecule has 0 spiro atoms. The van der Waals surface area contributed by atoms with Crippen LogP contribution in [0.4, 0.5) is 0 Å². The van der Waals surface area contributed by atoms with E-state index in [0.29, 0.717) is 23.9 Å². The van der Waals surface area contributed by atoms with Gasteiger partial charge in [-0.25, -0.2) is 0 Å². The van der Waals surface area contributed by atoms with Gasteiger partial charge in [0, 0.05) is 11.8 Å². The molecule has 1 N–H and O–H groups in total. The minimum absolute atomic E-state index is 0.293. The average molecular weight is 228 g/mol. The van der Waals surface area contributed by atoms with Crippen molar-refractivity contribution in [2.45, 2.75) is 44.0 Å². The van der Waals surface area contributed by atoms with E-state index in [2.05, 4.69) is 17.1 Å². The van der Waals surface area contributed by atoms with Crippen molar-refractivity contribution in [3.63, 3.8) is 0 Å².